The molecule has 0 amide bonds. The second-order valence-electron chi connectivity index (χ2n) is 4.66. The minimum absolute atomic E-state index is 0.223. The van der Waals surface area contributed by atoms with Crippen LogP contribution >= 0.6 is 0 Å². The molecule has 0 aliphatic heterocycles. The van der Waals surface area contributed by atoms with Crippen molar-refractivity contribution in [1.29, 1.82) is 0 Å². The van der Waals surface area contributed by atoms with Gasteiger partial charge in [0.2, 0.25) is 0 Å². The van der Waals surface area contributed by atoms with Crippen LogP contribution in [0.3, 0.4) is 0 Å². The molecule has 1 aromatic heterocycles. The van der Waals surface area contributed by atoms with E-state index in [-0.39, 0.29) is 11.7 Å². The number of nitrogens with two attached hydrogens (primary N) is 1. The second-order valence-corrected chi connectivity index (χ2v) is 4.66. The van der Waals surface area contributed by atoms with Crippen LogP contribution in [0.1, 0.15) is 31.7 Å². The van der Waals surface area contributed by atoms with Crippen molar-refractivity contribution in [3.05, 3.63) is 46.3 Å². The molecule has 1 atom stereocenters. The van der Waals surface area contributed by atoms with Crippen LogP contribution in [0.2, 0.25) is 0 Å². The summed E-state index contributed by atoms with van der Waals surface area (Å²) in [7, 11) is 0. The number of para-hydroxylation sites is 1. The molecular formula is C15H19NO2. The molecule has 2 N–H and O–H groups in total. The van der Waals surface area contributed by atoms with Crippen molar-refractivity contribution in [3.8, 4) is 0 Å². The summed E-state index contributed by atoms with van der Waals surface area (Å²) in [5, 5.41) is 0.979. The maximum atomic E-state index is 11.8. The Labute approximate surface area is 107 Å². The summed E-state index contributed by atoms with van der Waals surface area (Å²) < 4.78 is 5.29. The van der Waals surface area contributed by atoms with Gasteiger partial charge in [0.25, 0.3) is 0 Å². The van der Waals surface area contributed by atoms with Crippen molar-refractivity contribution in [2.45, 2.75) is 38.6 Å². The summed E-state index contributed by atoms with van der Waals surface area (Å²) >= 11 is 0. The lowest BCUT2D eigenvalue weighted by molar-refractivity contribution is 0.534. The molecule has 0 fully saturated rings. The topological polar surface area (TPSA) is 56.2 Å². The fourth-order valence-electron chi connectivity index (χ4n) is 2.04. The van der Waals surface area contributed by atoms with E-state index in [4.69, 9.17) is 10.2 Å². The summed E-state index contributed by atoms with van der Waals surface area (Å²) in [6.45, 7) is 2.08. The predicted octanol–water partition coefficient (Wildman–Crippen LogP) is 2.85. The van der Waals surface area contributed by atoms with Crippen LogP contribution in [0.25, 0.3) is 11.0 Å². The van der Waals surface area contributed by atoms with Gasteiger partial charge in [-0.25, -0.2) is 4.79 Å². The zero-order valence-electron chi connectivity index (χ0n) is 10.7. The Bertz CT molecular complexity index is 574. The third kappa shape index (κ3) is 2.99. The van der Waals surface area contributed by atoms with E-state index in [1.54, 1.807) is 0 Å². The average Bonchev–Trinajstić information content (AvgIpc) is 2.39. The Balaban J connectivity index is 2.13. The van der Waals surface area contributed by atoms with Crippen molar-refractivity contribution >= 4 is 11.0 Å². The Hall–Kier alpha value is -1.61. The Kier molecular flexibility index (Phi) is 4.15. The highest BCUT2D eigenvalue weighted by Gasteiger charge is 2.06. The van der Waals surface area contributed by atoms with Gasteiger partial charge in [-0.15, -0.1) is 0 Å². The van der Waals surface area contributed by atoms with Gasteiger partial charge in [-0.1, -0.05) is 25.1 Å². The van der Waals surface area contributed by atoms with E-state index in [0.29, 0.717) is 5.58 Å². The van der Waals surface area contributed by atoms with E-state index < -0.39 is 0 Å². The highest BCUT2D eigenvalue weighted by Crippen LogP contribution is 2.14. The molecular weight excluding hydrogens is 226 g/mol. The molecule has 1 heterocycles. The van der Waals surface area contributed by atoms with Crippen molar-refractivity contribution in [1.82, 2.24) is 0 Å². The van der Waals surface area contributed by atoms with E-state index >= 15 is 0 Å². The number of fused-ring (bicyclic) bond motifs is 1. The van der Waals surface area contributed by atoms with Gasteiger partial charge in [-0.3, -0.25) is 0 Å². The molecule has 0 radical (unpaired) electrons. The molecule has 2 aromatic rings. The summed E-state index contributed by atoms with van der Waals surface area (Å²) in [6.07, 6.45) is 3.59. The molecule has 0 aliphatic carbocycles. The standard InChI is InChI=1S/C15H19NO2/c1-2-13(16)8-5-7-12-10-11-6-3-4-9-14(11)18-15(12)17/h3-4,6,9-10,13H,2,5,7-8,16H2,1H3. The maximum Gasteiger partial charge on any atom is 0.339 e. The van der Waals surface area contributed by atoms with E-state index in [0.717, 1.165) is 36.6 Å². The third-order valence-corrected chi connectivity index (χ3v) is 3.26. The minimum Gasteiger partial charge on any atom is -0.423 e. The van der Waals surface area contributed by atoms with Crippen LogP contribution in [0.4, 0.5) is 0 Å². The van der Waals surface area contributed by atoms with Gasteiger partial charge in [0.05, 0.1) is 0 Å². The first kappa shape index (κ1) is 12.8. The van der Waals surface area contributed by atoms with Crippen molar-refractivity contribution < 1.29 is 4.42 Å². The molecule has 1 unspecified atom stereocenters. The molecule has 0 aliphatic rings. The minimum atomic E-state index is -0.223. The molecule has 3 heteroatoms. The Morgan fingerprint density at radius 1 is 1.33 bits per heavy atom. The summed E-state index contributed by atoms with van der Waals surface area (Å²) in [5.74, 6) is 0. The predicted molar refractivity (Wildman–Crippen MR) is 73.7 cm³/mol. The van der Waals surface area contributed by atoms with Crippen LogP contribution in [-0.4, -0.2) is 6.04 Å². The summed E-state index contributed by atoms with van der Waals surface area (Å²) in [6, 6.07) is 9.74. The fraction of sp³-hybridized carbons (Fsp3) is 0.400. The number of aryl methyl sites for hydroxylation is 1. The zero-order chi connectivity index (χ0) is 13.0. The van der Waals surface area contributed by atoms with Gasteiger partial charge in [0.15, 0.2) is 0 Å². The number of benzene rings is 1. The molecule has 0 spiro atoms. The van der Waals surface area contributed by atoms with Gasteiger partial charge in [-0.2, -0.15) is 0 Å². The van der Waals surface area contributed by atoms with Crippen LogP contribution in [0.15, 0.2) is 39.5 Å². The Morgan fingerprint density at radius 3 is 2.89 bits per heavy atom. The SMILES string of the molecule is CCC(N)CCCc1cc2ccccc2oc1=O. The lowest BCUT2D eigenvalue weighted by atomic mass is 10.0. The van der Waals surface area contributed by atoms with Crippen LogP contribution in [0.5, 0.6) is 0 Å². The smallest absolute Gasteiger partial charge is 0.339 e. The second kappa shape index (κ2) is 5.83. The first-order valence-corrected chi connectivity index (χ1v) is 6.48. The molecule has 0 saturated carbocycles. The Morgan fingerprint density at radius 2 is 2.11 bits per heavy atom. The van der Waals surface area contributed by atoms with E-state index in [1.165, 1.54) is 0 Å². The van der Waals surface area contributed by atoms with Crippen LogP contribution in [-0.2, 0) is 6.42 Å². The quantitative estimate of drug-likeness (QED) is 0.824. The lowest BCUT2D eigenvalue weighted by Crippen LogP contribution is -2.18. The largest absolute Gasteiger partial charge is 0.423 e. The molecule has 0 bridgehead atoms. The monoisotopic (exact) mass is 245 g/mol. The molecule has 3 nitrogen and oxygen atoms in total. The fourth-order valence-corrected chi connectivity index (χ4v) is 2.04. The first-order chi connectivity index (χ1) is 8.70. The highest BCUT2D eigenvalue weighted by molar-refractivity contribution is 5.76. The first-order valence-electron chi connectivity index (χ1n) is 6.48. The van der Waals surface area contributed by atoms with Crippen LogP contribution in [0, 0.1) is 0 Å². The van der Waals surface area contributed by atoms with Crippen molar-refractivity contribution in [3.63, 3.8) is 0 Å². The summed E-state index contributed by atoms with van der Waals surface area (Å²) in [4.78, 5) is 11.8. The molecule has 0 saturated heterocycles. The zero-order valence-corrected chi connectivity index (χ0v) is 10.7. The van der Waals surface area contributed by atoms with Gasteiger partial charge >= 0.3 is 5.63 Å². The molecule has 1 aromatic carbocycles. The van der Waals surface area contributed by atoms with Gasteiger partial charge in [0, 0.05) is 17.0 Å². The normalized spacial score (nSPS) is 12.8. The number of hydrogen-bond donors (Lipinski definition) is 1. The van der Waals surface area contributed by atoms with Crippen LogP contribution < -0.4 is 11.4 Å². The van der Waals surface area contributed by atoms with Gasteiger partial charge in [-0.05, 0) is 37.8 Å². The van der Waals surface area contributed by atoms with Gasteiger partial charge < -0.3 is 10.2 Å². The van der Waals surface area contributed by atoms with Crippen molar-refractivity contribution in [2.75, 3.05) is 0 Å². The number of hydrogen-bond acceptors (Lipinski definition) is 3. The van der Waals surface area contributed by atoms with E-state index in [1.807, 2.05) is 30.3 Å². The van der Waals surface area contributed by atoms with E-state index in [2.05, 4.69) is 6.92 Å². The van der Waals surface area contributed by atoms with Crippen molar-refractivity contribution in [2.24, 2.45) is 5.73 Å². The van der Waals surface area contributed by atoms with Gasteiger partial charge in [0.1, 0.15) is 5.58 Å². The maximum absolute atomic E-state index is 11.8. The number of rotatable bonds is 5. The molecule has 2 rings (SSSR count). The highest BCUT2D eigenvalue weighted by atomic mass is 16.4. The third-order valence-electron chi connectivity index (χ3n) is 3.26. The lowest BCUT2D eigenvalue weighted by Gasteiger charge is -2.07. The molecule has 96 valence electrons. The molecule has 18 heavy (non-hydrogen) atoms. The average molecular weight is 245 g/mol. The summed E-state index contributed by atoms with van der Waals surface area (Å²) in [5.41, 5.74) is 7.04. The van der Waals surface area contributed by atoms with E-state index in [9.17, 15) is 4.79 Å².